The minimum atomic E-state index is -4.64. The predicted octanol–water partition coefficient (Wildman–Crippen LogP) is 5.15. The quantitative estimate of drug-likeness (QED) is 0.754. The Morgan fingerprint density at radius 3 is 2.38 bits per heavy atom. The van der Waals surface area contributed by atoms with Crippen LogP contribution in [0.3, 0.4) is 0 Å². The van der Waals surface area contributed by atoms with Crippen LogP contribution in [-0.2, 0) is 11.0 Å². The molecule has 8 heteroatoms. The fourth-order valence-electron chi connectivity index (χ4n) is 3.55. The van der Waals surface area contributed by atoms with Crippen molar-refractivity contribution in [3.63, 3.8) is 0 Å². The molecule has 1 aliphatic carbocycles. The molecule has 0 amide bonds. The third-order valence-electron chi connectivity index (χ3n) is 4.98. The Labute approximate surface area is 148 Å². The van der Waals surface area contributed by atoms with Crippen LogP contribution in [0.4, 0.5) is 13.2 Å². The van der Waals surface area contributed by atoms with Crippen LogP contribution in [0.1, 0.15) is 56.1 Å². The van der Waals surface area contributed by atoms with E-state index in [0.717, 1.165) is 17.7 Å². The predicted molar refractivity (Wildman–Crippen MR) is 87.2 cm³/mol. The fourth-order valence-corrected chi connectivity index (χ4v) is 3.55. The Morgan fingerprint density at radius 2 is 1.73 bits per heavy atom. The van der Waals surface area contributed by atoms with E-state index in [1.54, 1.807) is 12.1 Å². The SMILES string of the molecule is FC(F)(F)c1nc(-c2ccc(C3CC(C4CCCCC4)=NO3)cc2)no1. The van der Waals surface area contributed by atoms with E-state index in [-0.39, 0.29) is 11.9 Å². The van der Waals surface area contributed by atoms with Crippen LogP contribution in [0.2, 0.25) is 0 Å². The summed E-state index contributed by atoms with van der Waals surface area (Å²) >= 11 is 0. The second-order valence-electron chi connectivity index (χ2n) is 6.76. The molecule has 1 unspecified atom stereocenters. The van der Waals surface area contributed by atoms with E-state index < -0.39 is 12.1 Å². The molecular formula is C18H18F3N3O2. The van der Waals surface area contributed by atoms with Gasteiger partial charge in [0.25, 0.3) is 0 Å². The van der Waals surface area contributed by atoms with Gasteiger partial charge < -0.3 is 9.36 Å². The highest BCUT2D eigenvalue weighted by molar-refractivity contribution is 5.88. The molecule has 0 N–H and O–H groups in total. The first-order valence-electron chi connectivity index (χ1n) is 8.74. The number of oxime groups is 1. The zero-order valence-corrected chi connectivity index (χ0v) is 14.0. The van der Waals surface area contributed by atoms with Crippen molar-refractivity contribution in [1.29, 1.82) is 0 Å². The second kappa shape index (κ2) is 6.74. The van der Waals surface area contributed by atoms with Crippen LogP contribution >= 0.6 is 0 Å². The van der Waals surface area contributed by atoms with Gasteiger partial charge in [0.05, 0.1) is 5.71 Å². The molecule has 5 nitrogen and oxygen atoms in total. The van der Waals surface area contributed by atoms with Crippen LogP contribution in [-0.4, -0.2) is 15.9 Å². The smallest absolute Gasteiger partial charge is 0.387 e. The standard InChI is InChI=1S/C18H18F3N3O2/c19-18(20,21)17-22-16(24-26-17)13-8-6-12(7-9-13)15-10-14(23-25-15)11-4-2-1-3-5-11/h6-9,11,15H,1-5,10H2. The molecular weight excluding hydrogens is 347 g/mol. The Kier molecular flexibility index (Phi) is 4.42. The fraction of sp³-hybridized carbons (Fsp3) is 0.500. The van der Waals surface area contributed by atoms with E-state index in [2.05, 4.69) is 19.8 Å². The highest BCUT2D eigenvalue weighted by atomic mass is 19.4. The van der Waals surface area contributed by atoms with Crippen molar-refractivity contribution in [1.82, 2.24) is 10.1 Å². The van der Waals surface area contributed by atoms with E-state index in [1.165, 1.54) is 32.1 Å². The molecule has 2 aliphatic rings. The molecule has 1 fully saturated rings. The molecule has 0 spiro atoms. The van der Waals surface area contributed by atoms with Gasteiger partial charge in [-0.2, -0.15) is 18.2 Å². The molecule has 4 rings (SSSR count). The van der Waals surface area contributed by atoms with Gasteiger partial charge in [-0.3, -0.25) is 0 Å². The normalized spacial score (nSPS) is 21.5. The Morgan fingerprint density at radius 1 is 1.00 bits per heavy atom. The maximum atomic E-state index is 12.6. The molecule has 1 atom stereocenters. The Balaban J connectivity index is 1.43. The summed E-state index contributed by atoms with van der Waals surface area (Å²) in [7, 11) is 0. The van der Waals surface area contributed by atoms with Crippen molar-refractivity contribution in [3.05, 3.63) is 35.7 Å². The molecule has 0 radical (unpaired) electrons. The average molecular weight is 365 g/mol. The van der Waals surface area contributed by atoms with Gasteiger partial charge in [0.15, 0.2) is 6.10 Å². The number of benzene rings is 1. The lowest BCUT2D eigenvalue weighted by Crippen LogP contribution is -2.16. The van der Waals surface area contributed by atoms with Crippen molar-refractivity contribution in [2.75, 3.05) is 0 Å². The van der Waals surface area contributed by atoms with Crippen LogP contribution in [0.15, 0.2) is 33.9 Å². The molecule has 1 aromatic heterocycles. The summed E-state index contributed by atoms with van der Waals surface area (Å²) in [6, 6.07) is 6.95. The van der Waals surface area contributed by atoms with E-state index in [1.807, 2.05) is 12.1 Å². The van der Waals surface area contributed by atoms with Gasteiger partial charge in [-0.15, -0.1) is 0 Å². The third-order valence-corrected chi connectivity index (χ3v) is 4.98. The summed E-state index contributed by atoms with van der Waals surface area (Å²) in [4.78, 5) is 8.98. The van der Waals surface area contributed by atoms with Gasteiger partial charge >= 0.3 is 12.1 Å². The lowest BCUT2D eigenvalue weighted by molar-refractivity contribution is -0.159. The first kappa shape index (κ1) is 17.1. The Hall–Kier alpha value is -2.38. The average Bonchev–Trinajstić information content (AvgIpc) is 3.32. The van der Waals surface area contributed by atoms with E-state index >= 15 is 0 Å². The van der Waals surface area contributed by atoms with Gasteiger partial charge in [-0.1, -0.05) is 53.8 Å². The zero-order valence-electron chi connectivity index (χ0n) is 14.0. The van der Waals surface area contributed by atoms with Crippen LogP contribution < -0.4 is 0 Å². The number of rotatable bonds is 3. The molecule has 0 saturated heterocycles. The first-order valence-corrected chi connectivity index (χ1v) is 8.74. The maximum absolute atomic E-state index is 12.6. The largest absolute Gasteiger partial charge is 0.471 e. The van der Waals surface area contributed by atoms with Crippen molar-refractivity contribution >= 4 is 5.71 Å². The van der Waals surface area contributed by atoms with Crippen molar-refractivity contribution in [2.45, 2.75) is 50.8 Å². The summed E-state index contributed by atoms with van der Waals surface area (Å²) in [6.45, 7) is 0. The number of nitrogens with zero attached hydrogens (tertiary/aromatic N) is 3. The molecule has 2 aromatic rings. The van der Waals surface area contributed by atoms with Gasteiger partial charge in [-0.05, 0) is 18.4 Å². The van der Waals surface area contributed by atoms with Crippen molar-refractivity contribution in [3.8, 4) is 11.4 Å². The minimum Gasteiger partial charge on any atom is -0.387 e. The van der Waals surface area contributed by atoms with Gasteiger partial charge in [0, 0.05) is 17.9 Å². The lowest BCUT2D eigenvalue weighted by atomic mass is 9.84. The molecule has 1 saturated carbocycles. The monoisotopic (exact) mass is 365 g/mol. The number of alkyl halides is 3. The van der Waals surface area contributed by atoms with Gasteiger partial charge in [-0.25, -0.2) is 0 Å². The zero-order chi connectivity index (χ0) is 18.1. The van der Waals surface area contributed by atoms with E-state index in [0.29, 0.717) is 11.5 Å². The van der Waals surface area contributed by atoms with Gasteiger partial charge in [0.1, 0.15) is 0 Å². The van der Waals surface area contributed by atoms with Crippen molar-refractivity contribution in [2.24, 2.45) is 11.1 Å². The highest BCUT2D eigenvalue weighted by Gasteiger charge is 2.38. The highest BCUT2D eigenvalue weighted by Crippen LogP contribution is 2.35. The Bertz CT molecular complexity index is 793. The van der Waals surface area contributed by atoms with Crippen LogP contribution in [0.5, 0.6) is 0 Å². The summed E-state index contributed by atoms with van der Waals surface area (Å²) < 4.78 is 41.9. The summed E-state index contributed by atoms with van der Waals surface area (Å²) in [5.41, 5.74) is 2.52. The maximum Gasteiger partial charge on any atom is 0.471 e. The lowest BCUT2D eigenvalue weighted by Gasteiger charge is -2.20. The van der Waals surface area contributed by atoms with E-state index in [4.69, 9.17) is 4.84 Å². The second-order valence-corrected chi connectivity index (χ2v) is 6.76. The molecule has 1 aliphatic heterocycles. The van der Waals surface area contributed by atoms with E-state index in [9.17, 15) is 13.2 Å². The first-order chi connectivity index (χ1) is 12.5. The summed E-state index contributed by atoms with van der Waals surface area (Å²) in [5, 5.41) is 7.67. The van der Waals surface area contributed by atoms with Crippen LogP contribution in [0, 0.1) is 5.92 Å². The number of hydrogen-bond acceptors (Lipinski definition) is 5. The molecule has 0 bridgehead atoms. The number of hydrogen-bond donors (Lipinski definition) is 0. The molecule has 2 heterocycles. The van der Waals surface area contributed by atoms with Crippen molar-refractivity contribution < 1.29 is 22.5 Å². The molecule has 138 valence electrons. The summed E-state index contributed by atoms with van der Waals surface area (Å²) in [6.07, 6.45) is 2.11. The third kappa shape index (κ3) is 3.45. The molecule has 26 heavy (non-hydrogen) atoms. The van der Waals surface area contributed by atoms with Crippen LogP contribution in [0.25, 0.3) is 11.4 Å². The van der Waals surface area contributed by atoms with Gasteiger partial charge in [0.2, 0.25) is 5.82 Å². The molecule has 1 aromatic carbocycles. The topological polar surface area (TPSA) is 60.5 Å². The number of aromatic nitrogens is 2. The summed E-state index contributed by atoms with van der Waals surface area (Å²) in [5.74, 6) is -0.912. The number of halogens is 3. The minimum absolute atomic E-state index is 0.0876.